The molecule has 0 heterocycles. The number of nitrogens with zero attached hydrogens (tertiary/aromatic N) is 14. The molecule has 0 spiro atoms. The van der Waals surface area contributed by atoms with Gasteiger partial charge in [-0.15, -0.1) is 0 Å². The largest absolute Gasteiger partial charge is 0.427 e. The predicted molar refractivity (Wildman–Crippen MR) is 372 cm³/mol. The van der Waals surface area contributed by atoms with Gasteiger partial charge in [0.25, 0.3) is 5.69 Å². The van der Waals surface area contributed by atoms with Crippen molar-refractivity contribution < 1.29 is 120 Å². The van der Waals surface area contributed by atoms with Crippen molar-refractivity contribution in [2.24, 2.45) is 5.11 Å². The van der Waals surface area contributed by atoms with Gasteiger partial charge in [-0.1, -0.05) is 5.11 Å². The van der Waals surface area contributed by atoms with Crippen molar-refractivity contribution in [2.75, 3.05) is 282 Å². The van der Waals surface area contributed by atoms with Crippen LogP contribution >= 0.6 is 0 Å². The van der Waals surface area contributed by atoms with Crippen LogP contribution in [0.25, 0.3) is 10.4 Å². The summed E-state index contributed by atoms with van der Waals surface area (Å²) in [6.07, 6.45) is 0.403. The molecule has 0 unspecified atom stereocenters. The molecule has 10 amide bonds. The number of rotatable bonds is 60. The molecule has 1 rings (SSSR count). The second kappa shape index (κ2) is 59.5. The maximum Gasteiger partial charge on any atom is 0.311 e. The van der Waals surface area contributed by atoms with Crippen molar-refractivity contribution in [3.8, 4) is 5.75 Å². The standard InChI is InChI=1S/C64H106N14O25.CH3F/c1-68(41-52(79)13-12-21-93-23-25-95-27-29-97-31-33-99-35-37-101-39-40-102-38-36-100-34-32-98-30-28-96-26-24-94-22-20-66-67-65)55(81)43-70(3)57(83)45-72(5)59(85)47-74(7)61(87)49-76(9)63(89)50-77(10)62(88)48-75(8)60(86)46-73(6)58(84)44-71(4)56(82)42-69(2)54(80)14-11-15-64(90)103-53-18-16-51(17-19-53)78(91)92;1-2/h16-19H,11-15,20-50H2,1-10H3;1H3/i;1D. The molecule has 0 aliphatic carbocycles. The Morgan fingerprint density at radius 2 is 0.619 bits per heavy atom. The van der Waals surface area contributed by atoms with Crippen molar-refractivity contribution in [1.29, 1.82) is 0 Å². The number of halogens is 1. The van der Waals surface area contributed by atoms with Crippen LogP contribution < -0.4 is 4.74 Å². The quantitative estimate of drug-likeness (QED) is 0.0106. The Balaban J connectivity index is 0.0000361. The minimum Gasteiger partial charge on any atom is -0.427 e. The van der Waals surface area contributed by atoms with Crippen molar-refractivity contribution in [2.45, 2.75) is 32.1 Å². The third-order valence-electron chi connectivity index (χ3n) is 14.6. The number of alkyl halides is 1. The highest BCUT2D eigenvalue weighted by Gasteiger charge is 2.27. The second-order valence-corrected chi connectivity index (χ2v) is 23.3. The molecule has 39 nitrogen and oxygen atoms in total. The Bertz CT molecular complexity index is 2860. The highest BCUT2D eigenvalue weighted by Crippen LogP contribution is 2.18. The molecule has 0 aromatic heterocycles. The summed E-state index contributed by atoms with van der Waals surface area (Å²) < 4.78 is 75.1. The van der Waals surface area contributed by atoms with E-state index in [0.29, 0.717) is 145 Å². The molecule has 105 heavy (non-hydrogen) atoms. The molecule has 1 aromatic carbocycles. The number of amides is 10. The molecule has 596 valence electrons. The number of esters is 1. The number of azide groups is 1. The van der Waals surface area contributed by atoms with Gasteiger partial charge in [0.1, 0.15) is 5.75 Å². The van der Waals surface area contributed by atoms with Crippen LogP contribution in [0.2, 0.25) is 0 Å². The van der Waals surface area contributed by atoms with E-state index in [2.05, 4.69) is 10.0 Å². The number of ether oxygens (including phenoxy) is 11. The monoisotopic (exact) mass is 1510 g/mol. The summed E-state index contributed by atoms with van der Waals surface area (Å²) in [5.41, 5.74) is 8.01. The maximum atomic E-state index is 13.1. The summed E-state index contributed by atoms with van der Waals surface area (Å²) in [6, 6.07) is 4.89. The highest BCUT2D eigenvalue weighted by atomic mass is 19.1. The number of Topliss-reactive ketones (excluding diaryl/α,β-unsaturated/α-hetero) is 1. The van der Waals surface area contributed by atoms with Crippen molar-refractivity contribution in [3.63, 3.8) is 0 Å². The molecule has 0 fully saturated rings. The topological polar surface area (TPSA) is 431 Å². The number of carbonyl (C=O) groups is 12. The van der Waals surface area contributed by atoms with E-state index >= 15 is 0 Å². The van der Waals surface area contributed by atoms with Crippen LogP contribution in [0.3, 0.4) is 0 Å². The number of benzene rings is 1. The minimum absolute atomic E-state index is 0.0861. The summed E-state index contributed by atoms with van der Waals surface area (Å²) in [5.74, 6) is -6.85. The average Bonchev–Trinajstić information content (AvgIpc) is 0.895. The lowest BCUT2D eigenvalue weighted by Gasteiger charge is -2.27. The third kappa shape index (κ3) is 48.1. The SMILES string of the molecule is CN(CC(=O)CCCOCCOCCOCCOCCOCCOCCOCCOCCOCCOCCN=[N+]=[N-])C(=O)CN(C)C(=O)CN(C)C(=O)CN(C)C(=O)CN(C)C(=O)CN(C)C(=O)CN(C)C(=O)CN(C)C(=O)CN(C)C(=O)CN(C)C(=O)CCCC(=O)Oc1ccc([N+](=O)[O-])cc1.[2H]CF. The molecule has 0 aliphatic rings. The van der Waals surface area contributed by atoms with Gasteiger partial charge >= 0.3 is 5.97 Å². The number of hydrogen-bond donors (Lipinski definition) is 0. The Labute approximate surface area is 613 Å². The molecule has 0 bridgehead atoms. The van der Waals surface area contributed by atoms with Gasteiger partial charge in [-0.05, 0) is 30.5 Å². The van der Waals surface area contributed by atoms with E-state index in [-0.39, 0.29) is 56.0 Å². The summed E-state index contributed by atoms with van der Waals surface area (Å²) in [6.45, 7) is 4.05. The maximum absolute atomic E-state index is 13.1. The first-order valence-corrected chi connectivity index (χ1v) is 33.5. The first-order valence-electron chi connectivity index (χ1n) is 34.2. The number of nitro groups is 1. The van der Waals surface area contributed by atoms with Crippen LogP contribution in [0.15, 0.2) is 29.4 Å². The number of nitro benzene ring substituents is 1. The molecule has 1 aromatic rings. The first-order chi connectivity index (χ1) is 50.5. The number of carbonyl (C=O) groups excluding carboxylic acids is 12. The van der Waals surface area contributed by atoms with Gasteiger partial charge in [0.05, 0.1) is 204 Å². The van der Waals surface area contributed by atoms with Crippen LogP contribution in [-0.2, 0) is 105 Å². The normalized spacial score (nSPS) is 10.8. The molecule has 0 N–H and O–H groups in total. The van der Waals surface area contributed by atoms with Gasteiger partial charge in [-0.3, -0.25) is 72.0 Å². The van der Waals surface area contributed by atoms with Gasteiger partial charge in [0.15, 0.2) is 5.78 Å². The zero-order valence-corrected chi connectivity index (χ0v) is 62.3. The molecule has 0 saturated carbocycles. The van der Waals surface area contributed by atoms with Gasteiger partial charge in [-0.2, -0.15) is 0 Å². The molecule has 40 heteroatoms. The van der Waals surface area contributed by atoms with E-state index in [1.54, 1.807) is 0 Å². The Morgan fingerprint density at radius 3 is 0.876 bits per heavy atom. The predicted octanol–water partition coefficient (Wildman–Crippen LogP) is -1.33. The molecule has 0 aliphatic heterocycles. The smallest absolute Gasteiger partial charge is 0.311 e. The lowest BCUT2D eigenvalue weighted by molar-refractivity contribution is -0.384. The van der Waals surface area contributed by atoms with Gasteiger partial charge < -0.3 is 101 Å². The van der Waals surface area contributed by atoms with Crippen LogP contribution in [0.5, 0.6) is 5.75 Å². The van der Waals surface area contributed by atoms with E-state index in [1.807, 2.05) is 0 Å². The number of ketones is 1. The fourth-order valence-electron chi connectivity index (χ4n) is 8.13. The molecule has 0 atom stereocenters. The molecule has 0 saturated heterocycles. The minimum atomic E-state index is -1.00. The zero-order valence-electron chi connectivity index (χ0n) is 63.3. The summed E-state index contributed by atoms with van der Waals surface area (Å²) >= 11 is 0. The van der Waals surface area contributed by atoms with Crippen molar-refractivity contribution in [3.05, 3.63) is 44.8 Å². The van der Waals surface area contributed by atoms with Crippen LogP contribution in [0, 0.1) is 10.1 Å². The third-order valence-corrected chi connectivity index (χ3v) is 14.6. The number of likely N-dealkylation sites (N-methyl/N-ethyl adjacent to an activating group) is 10. The van der Waals surface area contributed by atoms with Gasteiger partial charge in [0.2, 0.25) is 59.1 Å². The fourth-order valence-corrected chi connectivity index (χ4v) is 8.13. The number of hydrogen-bond acceptors (Lipinski definition) is 26. The van der Waals surface area contributed by atoms with Crippen LogP contribution in [0.1, 0.15) is 33.5 Å². The summed E-state index contributed by atoms with van der Waals surface area (Å²) in [4.78, 5) is 178. The molecular weight excluding hydrogens is 1400 g/mol. The lowest BCUT2D eigenvalue weighted by atomic mass is 10.2. The van der Waals surface area contributed by atoms with Crippen LogP contribution in [-0.4, -0.2) is 407 Å². The van der Waals surface area contributed by atoms with E-state index in [4.69, 9.17) is 59.0 Å². The van der Waals surface area contributed by atoms with E-state index < -0.39 is 129 Å². The zero-order chi connectivity index (χ0) is 79.6. The fraction of sp³-hybridized carbons (Fsp3) is 0.723. The van der Waals surface area contributed by atoms with Crippen molar-refractivity contribution >= 4 is 76.5 Å². The molecular formula is C65H109FN14O25. The second-order valence-electron chi connectivity index (χ2n) is 23.3. The summed E-state index contributed by atoms with van der Waals surface area (Å²) in [5, 5.41) is 14.2. The molecule has 0 radical (unpaired) electrons. The Hall–Kier alpha value is -8.70. The number of non-ortho nitro benzene ring substituents is 1. The Morgan fingerprint density at radius 1 is 0.381 bits per heavy atom. The van der Waals surface area contributed by atoms with E-state index in [9.17, 15) is 72.0 Å². The highest BCUT2D eigenvalue weighted by molar-refractivity contribution is 5.94. The van der Waals surface area contributed by atoms with Crippen molar-refractivity contribution in [1.82, 2.24) is 49.0 Å². The van der Waals surface area contributed by atoms with E-state index in [1.165, 1.54) is 99.6 Å². The van der Waals surface area contributed by atoms with Crippen LogP contribution in [0.4, 0.5) is 10.1 Å². The summed E-state index contributed by atoms with van der Waals surface area (Å²) in [7, 11) is 12.4. The first kappa shape index (κ1) is 94.3. The van der Waals surface area contributed by atoms with Gasteiger partial charge in [0, 0.05) is 120 Å². The van der Waals surface area contributed by atoms with Gasteiger partial charge in [-0.25, -0.2) is 0 Å². The average molecular weight is 1510 g/mol. The Kier molecular flexibility index (Phi) is 53.5. The van der Waals surface area contributed by atoms with E-state index in [0.717, 1.165) is 44.1 Å². The lowest BCUT2D eigenvalue weighted by Crippen LogP contribution is -2.49.